The fourth-order valence-corrected chi connectivity index (χ4v) is 3.48. The lowest BCUT2D eigenvalue weighted by atomic mass is 10.0. The number of rotatable bonds is 9. The number of anilines is 1. The van der Waals surface area contributed by atoms with Crippen LogP contribution >= 0.6 is 0 Å². The number of benzene rings is 2. The molecule has 0 bridgehead atoms. The predicted molar refractivity (Wildman–Crippen MR) is 117 cm³/mol. The second-order valence-electron chi connectivity index (χ2n) is 8.18. The highest BCUT2D eigenvalue weighted by molar-refractivity contribution is 5.93. The first-order chi connectivity index (χ1) is 14.3. The van der Waals surface area contributed by atoms with Crippen LogP contribution in [0.3, 0.4) is 0 Å². The number of ether oxygens (including phenoxy) is 1. The molecule has 0 saturated heterocycles. The summed E-state index contributed by atoms with van der Waals surface area (Å²) in [5, 5.41) is 14.0. The van der Waals surface area contributed by atoms with E-state index in [9.17, 15) is 14.9 Å². The van der Waals surface area contributed by atoms with E-state index in [1.165, 1.54) is 30.4 Å². The number of hydrogen-bond donors (Lipinski definition) is 1. The van der Waals surface area contributed by atoms with Crippen LogP contribution in [-0.2, 0) is 11.3 Å². The van der Waals surface area contributed by atoms with Crippen LogP contribution in [0.2, 0.25) is 0 Å². The lowest BCUT2D eigenvalue weighted by Gasteiger charge is -2.22. The molecule has 30 heavy (non-hydrogen) atoms. The highest BCUT2D eigenvalue weighted by Crippen LogP contribution is 2.33. The SMILES string of the molecule is COc1cc(NC(=O)CN(Cc2ccc(C(C)C)cc2)C2CC2)c(C)cc1[N+](=O)[O-]. The number of hydrogen-bond acceptors (Lipinski definition) is 5. The van der Waals surface area contributed by atoms with Crippen molar-refractivity contribution in [3.8, 4) is 5.75 Å². The van der Waals surface area contributed by atoms with Gasteiger partial charge in [-0.25, -0.2) is 0 Å². The first kappa shape index (κ1) is 21.8. The Morgan fingerprint density at radius 3 is 2.47 bits per heavy atom. The van der Waals surface area contributed by atoms with Crippen LogP contribution < -0.4 is 10.1 Å². The summed E-state index contributed by atoms with van der Waals surface area (Å²) < 4.78 is 5.12. The minimum Gasteiger partial charge on any atom is -0.490 e. The van der Waals surface area contributed by atoms with Crippen molar-refractivity contribution in [1.29, 1.82) is 0 Å². The molecule has 7 heteroatoms. The Labute approximate surface area is 177 Å². The van der Waals surface area contributed by atoms with E-state index >= 15 is 0 Å². The molecular weight excluding hydrogens is 382 g/mol. The standard InChI is InChI=1S/C23H29N3O4/c1-15(2)18-7-5-17(6-8-18)13-25(19-9-10-19)14-23(27)24-20-12-22(30-4)21(26(28)29)11-16(20)3/h5-8,11-12,15,19H,9-10,13-14H2,1-4H3,(H,24,27). The second-order valence-corrected chi connectivity index (χ2v) is 8.18. The van der Waals surface area contributed by atoms with Crippen molar-refractivity contribution in [1.82, 2.24) is 4.90 Å². The average molecular weight is 412 g/mol. The molecule has 0 aromatic heterocycles. The van der Waals surface area contributed by atoms with Gasteiger partial charge in [-0.2, -0.15) is 0 Å². The minimum atomic E-state index is -0.489. The molecule has 0 atom stereocenters. The van der Waals surface area contributed by atoms with Crippen molar-refractivity contribution in [2.45, 2.75) is 52.1 Å². The molecule has 7 nitrogen and oxygen atoms in total. The van der Waals surface area contributed by atoms with Crippen LogP contribution in [0, 0.1) is 17.0 Å². The van der Waals surface area contributed by atoms with Gasteiger partial charge in [-0.05, 0) is 42.4 Å². The number of carbonyl (C=O) groups excluding carboxylic acids is 1. The van der Waals surface area contributed by atoms with E-state index < -0.39 is 4.92 Å². The number of carbonyl (C=O) groups is 1. The van der Waals surface area contributed by atoms with Crippen molar-refractivity contribution >= 4 is 17.3 Å². The molecule has 2 aromatic carbocycles. The monoisotopic (exact) mass is 411 g/mol. The minimum absolute atomic E-state index is 0.113. The molecule has 160 valence electrons. The van der Waals surface area contributed by atoms with Gasteiger partial charge in [-0.1, -0.05) is 38.1 Å². The fraction of sp³-hybridized carbons (Fsp3) is 0.435. The summed E-state index contributed by atoms with van der Waals surface area (Å²) in [6.07, 6.45) is 2.20. The second kappa shape index (κ2) is 9.26. The van der Waals surface area contributed by atoms with Gasteiger partial charge in [0.05, 0.1) is 18.6 Å². The van der Waals surface area contributed by atoms with Gasteiger partial charge in [0, 0.05) is 30.4 Å². The molecule has 1 aliphatic rings. The van der Waals surface area contributed by atoms with E-state index in [1.807, 2.05) is 0 Å². The molecule has 0 aliphatic heterocycles. The molecule has 3 rings (SSSR count). The van der Waals surface area contributed by atoms with E-state index in [4.69, 9.17) is 4.74 Å². The summed E-state index contributed by atoms with van der Waals surface area (Å²) in [7, 11) is 1.38. The molecule has 1 fully saturated rings. The smallest absolute Gasteiger partial charge is 0.311 e. The highest BCUT2D eigenvalue weighted by atomic mass is 16.6. The van der Waals surface area contributed by atoms with Crippen molar-refractivity contribution in [2.24, 2.45) is 0 Å². The molecule has 0 heterocycles. The number of nitrogens with zero attached hydrogens (tertiary/aromatic N) is 2. The van der Waals surface area contributed by atoms with Gasteiger partial charge in [0.25, 0.3) is 0 Å². The van der Waals surface area contributed by atoms with Gasteiger partial charge in [-0.3, -0.25) is 19.8 Å². The summed E-state index contributed by atoms with van der Waals surface area (Å²) >= 11 is 0. The molecule has 1 N–H and O–H groups in total. The van der Waals surface area contributed by atoms with Crippen LogP contribution in [0.25, 0.3) is 0 Å². The van der Waals surface area contributed by atoms with Gasteiger partial charge in [0.2, 0.25) is 5.91 Å². The largest absolute Gasteiger partial charge is 0.490 e. The lowest BCUT2D eigenvalue weighted by molar-refractivity contribution is -0.385. The summed E-state index contributed by atoms with van der Waals surface area (Å²) in [5.74, 6) is 0.483. The number of nitro benzene ring substituents is 1. The number of methoxy groups -OCH3 is 1. The van der Waals surface area contributed by atoms with Crippen molar-refractivity contribution in [3.63, 3.8) is 0 Å². The third kappa shape index (κ3) is 5.36. The average Bonchev–Trinajstić information content (AvgIpc) is 3.54. The Kier molecular flexibility index (Phi) is 6.72. The third-order valence-corrected chi connectivity index (χ3v) is 5.44. The van der Waals surface area contributed by atoms with Crippen molar-refractivity contribution < 1.29 is 14.5 Å². The molecule has 1 aliphatic carbocycles. The molecule has 1 amide bonds. The molecule has 1 saturated carbocycles. The van der Waals surface area contributed by atoms with E-state index in [1.54, 1.807) is 6.92 Å². The predicted octanol–water partition coefficient (Wildman–Crippen LogP) is 4.64. The van der Waals surface area contributed by atoms with Crippen LogP contribution in [0.5, 0.6) is 5.75 Å². The quantitative estimate of drug-likeness (QED) is 0.480. The van der Waals surface area contributed by atoms with Crippen LogP contribution in [0.4, 0.5) is 11.4 Å². The Morgan fingerprint density at radius 2 is 1.93 bits per heavy atom. The number of nitrogens with one attached hydrogen (secondary N) is 1. The Hall–Kier alpha value is -2.93. The number of amides is 1. The molecule has 0 radical (unpaired) electrons. The van der Waals surface area contributed by atoms with Gasteiger partial charge in [-0.15, -0.1) is 0 Å². The maximum Gasteiger partial charge on any atom is 0.311 e. The zero-order valence-electron chi connectivity index (χ0n) is 18.0. The van der Waals surface area contributed by atoms with E-state index in [0.29, 0.717) is 23.2 Å². The van der Waals surface area contributed by atoms with E-state index in [0.717, 1.165) is 19.4 Å². The first-order valence-electron chi connectivity index (χ1n) is 10.2. The van der Waals surface area contributed by atoms with Gasteiger partial charge >= 0.3 is 5.69 Å². The highest BCUT2D eigenvalue weighted by Gasteiger charge is 2.30. The number of aryl methyl sites for hydroxylation is 1. The molecular formula is C23H29N3O4. The Morgan fingerprint density at radius 1 is 1.27 bits per heavy atom. The zero-order valence-corrected chi connectivity index (χ0v) is 18.0. The summed E-state index contributed by atoms with van der Waals surface area (Å²) in [6, 6.07) is 11.9. The van der Waals surface area contributed by atoms with Crippen LogP contribution in [0.15, 0.2) is 36.4 Å². The van der Waals surface area contributed by atoms with Crippen molar-refractivity contribution in [2.75, 3.05) is 19.0 Å². The topological polar surface area (TPSA) is 84.7 Å². The maximum atomic E-state index is 12.7. The summed E-state index contributed by atoms with van der Waals surface area (Å²) in [6.45, 7) is 7.07. The van der Waals surface area contributed by atoms with Gasteiger partial charge < -0.3 is 10.1 Å². The third-order valence-electron chi connectivity index (χ3n) is 5.44. The normalized spacial score (nSPS) is 13.5. The lowest BCUT2D eigenvalue weighted by Crippen LogP contribution is -2.34. The van der Waals surface area contributed by atoms with E-state index in [-0.39, 0.29) is 23.9 Å². The first-order valence-corrected chi connectivity index (χ1v) is 10.2. The number of nitro groups is 1. The van der Waals surface area contributed by atoms with E-state index in [2.05, 4.69) is 48.3 Å². The zero-order chi connectivity index (χ0) is 21.8. The van der Waals surface area contributed by atoms with Crippen molar-refractivity contribution in [3.05, 3.63) is 63.2 Å². The van der Waals surface area contributed by atoms with Gasteiger partial charge in [0.15, 0.2) is 5.75 Å². The summed E-state index contributed by atoms with van der Waals surface area (Å²) in [4.78, 5) is 25.6. The molecule has 0 spiro atoms. The molecule has 0 unspecified atom stereocenters. The fourth-order valence-electron chi connectivity index (χ4n) is 3.48. The summed E-state index contributed by atoms with van der Waals surface area (Å²) in [5.41, 5.74) is 3.53. The van der Waals surface area contributed by atoms with Crippen LogP contribution in [-0.4, -0.2) is 35.4 Å². The Balaban J connectivity index is 1.68. The van der Waals surface area contributed by atoms with Gasteiger partial charge in [0.1, 0.15) is 0 Å². The Bertz CT molecular complexity index is 921. The maximum absolute atomic E-state index is 12.7. The molecule has 2 aromatic rings. The van der Waals surface area contributed by atoms with Crippen LogP contribution in [0.1, 0.15) is 49.3 Å².